The molecule has 0 saturated carbocycles. The summed E-state index contributed by atoms with van der Waals surface area (Å²) in [5.41, 5.74) is 0. The van der Waals surface area contributed by atoms with E-state index in [2.05, 4.69) is 15.0 Å². The number of hydrogen-bond donors (Lipinski definition) is 1. The maximum Gasteiger partial charge on any atom is 0.226 e. The van der Waals surface area contributed by atoms with Crippen LogP contribution >= 0.6 is 23.2 Å². The molecular formula is C5H5Cl2N3O. The van der Waals surface area contributed by atoms with Gasteiger partial charge in [0.1, 0.15) is 5.82 Å². The summed E-state index contributed by atoms with van der Waals surface area (Å²) in [5.74, 6) is 0.400. The van der Waals surface area contributed by atoms with Crippen molar-refractivity contribution in [1.29, 1.82) is 0 Å². The number of halogens is 2. The van der Waals surface area contributed by atoms with Gasteiger partial charge in [0.2, 0.25) is 10.6 Å². The minimum Gasteiger partial charge on any atom is -0.396 e. The van der Waals surface area contributed by atoms with E-state index in [1.807, 2.05) is 0 Å². The fourth-order valence-corrected chi connectivity index (χ4v) is 0.974. The van der Waals surface area contributed by atoms with E-state index in [0.29, 0.717) is 12.2 Å². The summed E-state index contributed by atoms with van der Waals surface area (Å²) in [7, 11) is 0. The lowest BCUT2D eigenvalue weighted by atomic mass is 10.4. The first-order chi connectivity index (χ1) is 5.22. The van der Waals surface area contributed by atoms with E-state index in [-0.39, 0.29) is 17.2 Å². The zero-order valence-corrected chi connectivity index (χ0v) is 6.97. The van der Waals surface area contributed by atoms with Gasteiger partial charge >= 0.3 is 0 Å². The summed E-state index contributed by atoms with van der Waals surface area (Å²) in [4.78, 5) is 11.0. The summed E-state index contributed by atoms with van der Waals surface area (Å²) < 4.78 is 0. The number of aliphatic hydroxyl groups is 1. The molecule has 60 valence electrons. The molecule has 0 saturated heterocycles. The quantitative estimate of drug-likeness (QED) is 0.753. The van der Waals surface area contributed by atoms with Crippen LogP contribution in [0.25, 0.3) is 0 Å². The van der Waals surface area contributed by atoms with Gasteiger partial charge in [-0.15, -0.1) is 0 Å². The lowest BCUT2D eigenvalue weighted by Gasteiger charge is -1.96. The van der Waals surface area contributed by atoms with Crippen LogP contribution in [0.15, 0.2) is 0 Å². The number of aliphatic hydroxyl groups excluding tert-OH is 1. The van der Waals surface area contributed by atoms with E-state index in [0.717, 1.165) is 0 Å². The number of hydrogen-bond acceptors (Lipinski definition) is 4. The van der Waals surface area contributed by atoms with Crippen LogP contribution in [0.4, 0.5) is 0 Å². The minimum atomic E-state index is -0.0311. The molecule has 0 fully saturated rings. The Balaban J connectivity index is 2.89. The molecular weight excluding hydrogens is 189 g/mol. The van der Waals surface area contributed by atoms with E-state index >= 15 is 0 Å². The molecule has 4 nitrogen and oxygen atoms in total. The molecule has 0 aliphatic carbocycles. The van der Waals surface area contributed by atoms with Crippen LogP contribution in [0.1, 0.15) is 5.82 Å². The Morgan fingerprint density at radius 2 is 1.64 bits per heavy atom. The number of nitrogens with zero attached hydrogens (tertiary/aromatic N) is 3. The third-order valence-electron chi connectivity index (χ3n) is 0.963. The predicted octanol–water partition coefficient (Wildman–Crippen LogP) is 0.713. The third-order valence-corrected chi connectivity index (χ3v) is 1.30. The monoisotopic (exact) mass is 193 g/mol. The predicted molar refractivity (Wildman–Crippen MR) is 40.6 cm³/mol. The van der Waals surface area contributed by atoms with Crippen LogP contribution in [-0.2, 0) is 6.42 Å². The SMILES string of the molecule is OCCc1nc(Cl)nc(Cl)n1. The van der Waals surface area contributed by atoms with Gasteiger partial charge < -0.3 is 5.11 Å². The highest BCUT2D eigenvalue weighted by atomic mass is 35.5. The summed E-state index contributed by atoms with van der Waals surface area (Å²) >= 11 is 10.9. The van der Waals surface area contributed by atoms with E-state index in [1.165, 1.54) is 0 Å². The molecule has 0 radical (unpaired) electrons. The Hall–Kier alpha value is -0.450. The Morgan fingerprint density at radius 3 is 2.09 bits per heavy atom. The van der Waals surface area contributed by atoms with Gasteiger partial charge in [-0.2, -0.15) is 4.98 Å². The first kappa shape index (κ1) is 8.64. The Kier molecular flexibility index (Phi) is 2.99. The van der Waals surface area contributed by atoms with Gasteiger partial charge in [0.15, 0.2) is 0 Å². The second-order valence-electron chi connectivity index (χ2n) is 1.76. The second kappa shape index (κ2) is 3.80. The maximum absolute atomic E-state index is 8.51. The molecule has 0 bridgehead atoms. The van der Waals surface area contributed by atoms with Crippen molar-refractivity contribution in [2.75, 3.05) is 6.61 Å². The lowest BCUT2D eigenvalue weighted by molar-refractivity contribution is 0.296. The highest BCUT2D eigenvalue weighted by Gasteiger charge is 2.01. The Morgan fingerprint density at radius 1 is 1.09 bits per heavy atom. The van der Waals surface area contributed by atoms with Crippen LogP contribution in [0.3, 0.4) is 0 Å². The van der Waals surface area contributed by atoms with Gasteiger partial charge in [-0.25, -0.2) is 9.97 Å². The third kappa shape index (κ3) is 2.57. The van der Waals surface area contributed by atoms with Crippen LogP contribution in [0, 0.1) is 0 Å². The molecule has 0 spiro atoms. The molecule has 6 heteroatoms. The summed E-state index contributed by atoms with van der Waals surface area (Å²) in [6.07, 6.45) is 0.335. The summed E-state index contributed by atoms with van der Waals surface area (Å²) in [6.45, 7) is -0.0311. The minimum absolute atomic E-state index is 0.0311. The van der Waals surface area contributed by atoms with Crippen LogP contribution in [-0.4, -0.2) is 26.7 Å². The Bertz CT molecular complexity index is 235. The molecule has 0 aliphatic heterocycles. The fourth-order valence-electron chi connectivity index (χ4n) is 0.576. The maximum atomic E-state index is 8.51. The van der Waals surface area contributed by atoms with E-state index in [9.17, 15) is 0 Å². The van der Waals surface area contributed by atoms with Crippen LogP contribution in [0.5, 0.6) is 0 Å². The fraction of sp³-hybridized carbons (Fsp3) is 0.400. The largest absolute Gasteiger partial charge is 0.396 e. The molecule has 0 aliphatic rings. The first-order valence-electron chi connectivity index (χ1n) is 2.89. The number of rotatable bonds is 2. The molecule has 1 aromatic rings. The molecule has 1 heterocycles. The molecule has 1 aromatic heterocycles. The van der Waals surface area contributed by atoms with Crippen molar-refractivity contribution < 1.29 is 5.11 Å². The topological polar surface area (TPSA) is 58.9 Å². The Labute approximate surface area is 73.2 Å². The standard InChI is InChI=1S/C5H5Cl2N3O/c6-4-8-3(1-2-11)9-5(7)10-4/h11H,1-2H2. The normalized spacial score (nSPS) is 10.1. The molecule has 1 N–H and O–H groups in total. The van der Waals surface area contributed by atoms with Crippen molar-refractivity contribution in [3.8, 4) is 0 Å². The molecule has 0 amide bonds. The smallest absolute Gasteiger partial charge is 0.226 e. The molecule has 0 unspecified atom stereocenters. The first-order valence-corrected chi connectivity index (χ1v) is 3.65. The molecule has 11 heavy (non-hydrogen) atoms. The van der Waals surface area contributed by atoms with E-state index in [1.54, 1.807) is 0 Å². The van der Waals surface area contributed by atoms with Crippen molar-refractivity contribution in [3.63, 3.8) is 0 Å². The van der Waals surface area contributed by atoms with Crippen LogP contribution < -0.4 is 0 Å². The van der Waals surface area contributed by atoms with Gasteiger partial charge in [-0.3, -0.25) is 0 Å². The van der Waals surface area contributed by atoms with Crippen molar-refractivity contribution in [1.82, 2.24) is 15.0 Å². The van der Waals surface area contributed by atoms with Gasteiger partial charge in [0.25, 0.3) is 0 Å². The lowest BCUT2D eigenvalue weighted by Crippen LogP contribution is -2.00. The van der Waals surface area contributed by atoms with Crippen LogP contribution in [0.2, 0.25) is 10.6 Å². The van der Waals surface area contributed by atoms with Gasteiger partial charge in [0, 0.05) is 6.42 Å². The second-order valence-corrected chi connectivity index (χ2v) is 2.44. The number of aromatic nitrogens is 3. The van der Waals surface area contributed by atoms with Gasteiger partial charge in [-0.1, -0.05) is 0 Å². The molecule has 0 aromatic carbocycles. The molecule has 0 atom stereocenters. The van der Waals surface area contributed by atoms with E-state index < -0.39 is 0 Å². The molecule has 1 rings (SSSR count). The zero-order valence-electron chi connectivity index (χ0n) is 5.46. The van der Waals surface area contributed by atoms with Crippen molar-refractivity contribution in [2.45, 2.75) is 6.42 Å². The van der Waals surface area contributed by atoms with Gasteiger partial charge in [0.05, 0.1) is 6.61 Å². The average molecular weight is 194 g/mol. The average Bonchev–Trinajstić information content (AvgIpc) is 1.85. The highest BCUT2D eigenvalue weighted by Crippen LogP contribution is 2.05. The van der Waals surface area contributed by atoms with Crippen molar-refractivity contribution >= 4 is 23.2 Å². The van der Waals surface area contributed by atoms with Gasteiger partial charge in [-0.05, 0) is 23.2 Å². The summed E-state index contributed by atoms with van der Waals surface area (Å²) in [6, 6.07) is 0. The summed E-state index contributed by atoms with van der Waals surface area (Å²) in [5, 5.41) is 8.61. The van der Waals surface area contributed by atoms with E-state index in [4.69, 9.17) is 28.3 Å². The zero-order chi connectivity index (χ0) is 8.27. The highest BCUT2D eigenvalue weighted by molar-refractivity contribution is 6.30. The van der Waals surface area contributed by atoms with Crippen molar-refractivity contribution in [3.05, 3.63) is 16.4 Å². The van der Waals surface area contributed by atoms with Crippen molar-refractivity contribution in [2.24, 2.45) is 0 Å².